The van der Waals surface area contributed by atoms with Crippen LogP contribution >= 0.6 is 38.9 Å². The van der Waals surface area contributed by atoms with E-state index in [1.165, 1.54) is 16.0 Å². The topological polar surface area (TPSA) is 12.0 Å². The number of halogens is 2. The Morgan fingerprint density at radius 1 is 1.37 bits per heavy atom. The first-order chi connectivity index (χ1) is 9.15. The van der Waals surface area contributed by atoms with E-state index in [1.54, 1.807) is 11.3 Å². The fourth-order valence-corrected chi connectivity index (χ4v) is 3.79. The van der Waals surface area contributed by atoms with E-state index < -0.39 is 0 Å². The summed E-state index contributed by atoms with van der Waals surface area (Å²) in [5, 5.41) is 6.48. The minimum absolute atomic E-state index is 0.154. The van der Waals surface area contributed by atoms with E-state index in [4.69, 9.17) is 11.6 Å². The standard InChI is InChI=1S/C15H17BrClNS/c1-3-8-18-14(15-12(17)7-9-19-15)11-6-4-5-10(2)13(11)16/h4-7,9,14,18H,3,8H2,1-2H3. The molecule has 1 atom stereocenters. The summed E-state index contributed by atoms with van der Waals surface area (Å²) in [6.45, 7) is 5.26. The molecule has 0 fully saturated rings. The van der Waals surface area contributed by atoms with Gasteiger partial charge in [-0.1, -0.05) is 52.7 Å². The zero-order valence-corrected chi connectivity index (χ0v) is 14.2. The molecule has 0 spiro atoms. The lowest BCUT2D eigenvalue weighted by molar-refractivity contribution is 0.604. The summed E-state index contributed by atoms with van der Waals surface area (Å²) < 4.78 is 1.16. The number of rotatable bonds is 5. The van der Waals surface area contributed by atoms with Gasteiger partial charge in [-0.3, -0.25) is 0 Å². The van der Waals surface area contributed by atoms with Gasteiger partial charge in [0.25, 0.3) is 0 Å². The maximum absolute atomic E-state index is 6.31. The Labute approximate surface area is 132 Å². The van der Waals surface area contributed by atoms with Crippen LogP contribution in [0.4, 0.5) is 0 Å². The highest BCUT2D eigenvalue weighted by atomic mass is 79.9. The Morgan fingerprint density at radius 3 is 2.79 bits per heavy atom. The van der Waals surface area contributed by atoms with Crippen molar-refractivity contribution in [1.29, 1.82) is 0 Å². The van der Waals surface area contributed by atoms with Crippen LogP contribution in [0, 0.1) is 6.92 Å². The fourth-order valence-electron chi connectivity index (χ4n) is 2.04. The van der Waals surface area contributed by atoms with Crippen LogP contribution in [0.2, 0.25) is 5.02 Å². The molecule has 0 aliphatic carbocycles. The molecule has 0 bridgehead atoms. The van der Waals surface area contributed by atoms with E-state index in [9.17, 15) is 0 Å². The van der Waals surface area contributed by atoms with Crippen molar-refractivity contribution in [2.75, 3.05) is 6.54 Å². The predicted octanol–water partition coefficient (Wildman–Crippen LogP) is 5.56. The molecule has 1 N–H and O–H groups in total. The smallest absolute Gasteiger partial charge is 0.0697 e. The molecular weight excluding hydrogens is 342 g/mol. The third-order valence-corrected chi connectivity index (χ3v) is 5.54. The van der Waals surface area contributed by atoms with E-state index in [1.807, 2.05) is 11.4 Å². The van der Waals surface area contributed by atoms with Crippen molar-refractivity contribution < 1.29 is 0 Å². The molecular formula is C15H17BrClNS. The zero-order chi connectivity index (χ0) is 13.8. The molecule has 0 aliphatic rings. The van der Waals surface area contributed by atoms with E-state index in [2.05, 4.69) is 53.3 Å². The molecule has 4 heteroatoms. The van der Waals surface area contributed by atoms with Crippen molar-refractivity contribution in [1.82, 2.24) is 5.32 Å². The third kappa shape index (κ3) is 3.40. The maximum atomic E-state index is 6.31. The normalized spacial score (nSPS) is 12.6. The Hall–Kier alpha value is -0.350. The summed E-state index contributed by atoms with van der Waals surface area (Å²) in [6, 6.07) is 8.48. The van der Waals surface area contributed by atoms with Gasteiger partial charge in [0.15, 0.2) is 0 Å². The molecule has 0 amide bonds. The van der Waals surface area contributed by atoms with Gasteiger partial charge in [0.2, 0.25) is 0 Å². The van der Waals surface area contributed by atoms with Gasteiger partial charge in [-0.05, 0) is 42.5 Å². The SMILES string of the molecule is CCCNC(c1cccc(C)c1Br)c1sccc1Cl. The van der Waals surface area contributed by atoms with Gasteiger partial charge in [0.1, 0.15) is 0 Å². The number of benzene rings is 1. The Bertz CT molecular complexity index is 553. The second-order valence-electron chi connectivity index (χ2n) is 4.50. The first-order valence-corrected chi connectivity index (χ1v) is 8.41. The molecule has 1 aromatic carbocycles. The van der Waals surface area contributed by atoms with Crippen LogP contribution in [0.5, 0.6) is 0 Å². The van der Waals surface area contributed by atoms with E-state index >= 15 is 0 Å². The monoisotopic (exact) mass is 357 g/mol. The summed E-state index contributed by atoms with van der Waals surface area (Å²) >= 11 is 11.7. The average Bonchev–Trinajstić information content (AvgIpc) is 2.81. The van der Waals surface area contributed by atoms with Crippen molar-refractivity contribution >= 4 is 38.9 Å². The van der Waals surface area contributed by atoms with Crippen LogP contribution in [-0.4, -0.2) is 6.54 Å². The second kappa shape index (κ2) is 6.89. The minimum atomic E-state index is 0.154. The summed E-state index contributed by atoms with van der Waals surface area (Å²) in [6.07, 6.45) is 1.10. The molecule has 1 heterocycles. The molecule has 0 radical (unpaired) electrons. The molecule has 1 nitrogen and oxygen atoms in total. The molecule has 2 aromatic rings. The highest BCUT2D eigenvalue weighted by molar-refractivity contribution is 9.10. The molecule has 0 aliphatic heterocycles. The third-order valence-electron chi connectivity index (χ3n) is 3.04. The van der Waals surface area contributed by atoms with Gasteiger partial charge in [-0.2, -0.15) is 0 Å². The molecule has 0 saturated heterocycles. The fraction of sp³-hybridized carbons (Fsp3) is 0.333. The van der Waals surface area contributed by atoms with Crippen molar-refractivity contribution in [2.24, 2.45) is 0 Å². The van der Waals surface area contributed by atoms with Crippen LogP contribution in [0.25, 0.3) is 0 Å². The molecule has 19 heavy (non-hydrogen) atoms. The van der Waals surface area contributed by atoms with Crippen LogP contribution < -0.4 is 5.32 Å². The van der Waals surface area contributed by atoms with Gasteiger partial charge in [0.05, 0.1) is 11.1 Å². The largest absolute Gasteiger partial charge is 0.306 e. The molecule has 1 unspecified atom stereocenters. The van der Waals surface area contributed by atoms with Gasteiger partial charge in [-0.15, -0.1) is 11.3 Å². The highest BCUT2D eigenvalue weighted by Gasteiger charge is 2.20. The minimum Gasteiger partial charge on any atom is -0.306 e. The van der Waals surface area contributed by atoms with Crippen LogP contribution in [-0.2, 0) is 0 Å². The van der Waals surface area contributed by atoms with Crippen molar-refractivity contribution in [2.45, 2.75) is 26.3 Å². The van der Waals surface area contributed by atoms with Crippen molar-refractivity contribution in [3.8, 4) is 0 Å². The van der Waals surface area contributed by atoms with E-state index in [0.717, 1.165) is 22.5 Å². The molecule has 2 rings (SSSR count). The van der Waals surface area contributed by atoms with E-state index in [-0.39, 0.29) is 6.04 Å². The van der Waals surface area contributed by atoms with Gasteiger partial charge in [-0.25, -0.2) is 0 Å². The van der Waals surface area contributed by atoms with Gasteiger partial charge in [0, 0.05) is 9.35 Å². The number of hydrogen-bond acceptors (Lipinski definition) is 2. The second-order valence-corrected chi connectivity index (χ2v) is 6.65. The number of thiophene rings is 1. The lowest BCUT2D eigenvalue weighted by Crippen LogP contribution is -2.23. The Morgan fingerprint density at radius 2 is 2.16 bits per heavy atom. The molecule has 102 valence electrons. The summed E-state index contributed by atoms with van der Waals surface area (Å²) in [5.74, 6) is 0. The van der Waals surface area contributed by atoms with Crippen LogP contribution in [0.15, 0.2) is 34.1 Å². The first kappa shape index (κ1) is 15.0. The molecule has 1 aromatic heterocycles. The summed E-state index contributed by atoms with van der Waals surface area (Å²) in [4.78, 5) is 1.18. The quantitative estimate of drug-likeness (QED) is 0.737. The van der Waals surface area contributed by atoms with Crippen molar-refractivity contribution in [3.05, 3.63) is 55.1 Å². The van der Waals surface area contributed by atoms with E-state index in [0.29, 0.717) is 0 Å². The van der Waals surface area contributed by atoms with Crippen molar-refractivity contribution in [3.63, 3.8) is 0 Å². The average molecular weight is 359 g/mol. The Kier molecular flexibility index (Phi) is 5.46. The van der Waals surface area contributed by atoms with Gasteiger partial charge < -0.3 is 5.32 Å². The lowest BCUT2D eigenvalue weighted by atomic mass is 10.0. The maximum Gasteiger partial charge on any atom is 0.0697 e. The number of hydrogen-bond donors (Lipinski definition) is 1. The zero-order valence-electron chi connectivity index (χ0n) is 11.0. The van der Waals surface area contributed by atoms with Gasteiger partial charge >= 0.3 is 0 Å². The molecule has 0 saturated carbocycles. The highest BCUT2D eigenvalue weighted by Crippen LogP contribution is 2.36. The lowest BCUT2D eigenvalue weighted by Gasteiger charge is -2.20. The van der Waals surface area contributed by atoms with Crippen LogP contribution in [0.1, 0.15) is 35.4 Å². The number of aryl methyl sites for hydroxylation is 1. The van der Waals surface area contributed by atoms with Crippen LogP contribution in [0.3, 0.4) is 0 Å². The first-order valence-electron chi connectivity index (χ1n) is 6.36. The summed E-state index contributed by atoms with van der Waals surface area (Å²) in [7, 11) is 0. The Balaban J connectivity index is 2.43. The summed E-state index contributed by atoms with van der Waals surface area (Å²) in [5.41, 5.74) is 2.49. The predicted molar refractivity (Wildman–Crippen MR) is 88.3 cm³/mol. The number of nitrogens with one attached hydrogen (secondary N) is 1.